The van der Waals surface area contributed by atoms with Crippen LogP contribution in [0.2, 0.25) is 0 Å². The number of benzene rings is 2. The van der Waals surface area contributed by atoms with Crippen LogP contribution in [-0.2, 0) is 4.79 Å². The Labute approximate surface area is 159 Å². The van der Waals surface area contributed by atoms with Crippen molar-refractivity contribution in [3.05, 3.63) is 60.2 Å². The van der Waals surface area contributed by atoms with Gasteiger partial charge in [0.2, 0.25) is 0 Å². The predicted octanol–water partition coefficient (Wildman–Crippen LogP) is 3.46. The molecule has 0 aliphatic rings. The molecule has 2 aromatic carbocycles. The molecule has 0 unspecified atom stereocenters. The van der Waals surface area contributed by atoms with Crippen molar-refractivity contribution in [2.45, 2.75) is 4.34 Å². The highest BCUT2D eigenvalue weighted by Crippen LogP contribution is 2.28. The lowest BCUT2D eigenvalue weighted by atomic mass is 10.2. The molecule has 132 valence electrons. The fraction of sp³-hybridized carbons (Fsp3) is 0.111. The Hall–Kier alpha value is -2.71. The van der Waals surface area contributed by atoms with Gasteiger partial charge < -0.3 is 4.74 Å². The van der Waals surface area contributed by atoms with Crippen LogP contribution in [0.1, 0.15) is 5.56 Å². The number of rotatable bonds is 7. The van der Waals surface area contributed by atoms with Gasteiger partial charge in [-0.1, -0.05) is 53.4 Å². The van der Waals surface area contributed by atoms with Crippen molar-refractivity contribution in [2.24, 2.45) is 5.10 Å². The lowest BCUT2D eigenvalue weighted by Gasteiger charge is -1.99. The topological polar surface area (TPSA) is 76.5 Å². The third-order valence-electron chi connectivity index (χ3n) is 3.27. The van der Waals surface area contributed by atoms with Gasteiger partial charge in [0.05, 0.1) is 19.1 Å². The minimum absolute atomic E-state index is 0.198. The number of hydrogen-bond acceptors (Lipinski definition) is 7. The van der Waals surface area contributed by atoms with Crippen molar-refractivity contribution < 1.29 is 9.53 Å². The highest BCUT2D eigenvalue weighted by molar-refractivity contribution is 8.01. The minimum Gasteiger partial charge on any atom is -0.497 e. The molecule has 3 rings (SSSR count). The van der Waals surface area contributed by atoms with Gasteiger partial charge in [0.25, 0.3) is 5.91 Å². The van der Waals surface area contributed by atoms with Crippen molar-refractivity contribution in [1.82, 2.24) is 15.6 Å². The monoisotopic (exact) mass is 384 g/mol. The van der Waals surface area contributed by atoms with Gasteiger partial charge in [-0.25, -0.2) is 5.43 Å². The quantitative estimate of drug-likeness (QED) is 0.383. The van der Waals surface area contributed by atoms with Gasteiger partial charge in [0, 0.05) is 5.56 Å². The van der Waals surface area contributed by atoms with E-state index in [2.05, 4.69) is 20.7 Å². The Balaban J connectivity index is 1.46. The maximum Gasteiger partial charge on any atom is 0.250 e. The van der Waals surface area contributed by atoms with Crippen LogP contribution < -0.4 is 10.2 Å². The molecule has 0 bridgehead atoms. The summed E-state index contributed by atoms with van der Waals surface area (Å²) in [5.41, 5.74) is 4.39. The van der Waals surface area contributed by atoms with E-state index in [0.717, 1.165) is 26.2 Å². The molecular formula is C18H16N4O2S2. The molecule has 6 nitrogen and oxygen atoms in total. The van der Waals surface area contributed by atoms with Gasteiger partial charge in [0.1, 0.15) is 10.8 Å². The summed E-state index contributed by atoms with van der Waals surface area (Å²) >= 11 is 2.80. The van der Waals surface area contributed by atoms with Crippen LogP contribution in [0.15, 0.2) is 64.0 Å². The summed E-state index contributed by atoms with van der Waals surface area (Å²) < 4.78 is 5.84. The van der Waals surface area contributed by atoms with Crippen LogP contribution in [-0.4, -0.2) is 35.2 Å². The molecule has 0 fully saturated rings. The largest absolute Gasteiger partial charge is 0.497 e. The van der Waals surface area contributed by atoms with E-state index in [1.54, 1.807) is 13.3 Å². The minimum atomic E-state index is -0.198. The molecule has 0 spiro atoms. The highest BCUT2D eigenvalue weighted by atomic mass is 32.2. The predicted molar refractivity (Wildman–Crippen MR) is 105 cm³/mol. The molecule has 1 heterocycles. The second kappa shape index (κ2) is 9.12. The molecule has 3 aromatic rings. The first-order chi connectivity index (χ1) is 12.7. The summed E-state index contributed by atoms with van der Waals surface area (Å²) in [5.74, 6) is 0.800. The molecule has 0 radical (unpaired) electrons. The van der Waals surface area contributed by atoms with Gasteiger partial charge >= 0.3 is 0 Å². The van der Waals surface area contributed by atoms with E-state index in [-0.39, 0.29) is 11.7 Å². The molecule has 0 saturated heterocycles. The van der Waals surface area contributed by atoms with E-state index in [1.165, 1.54) is 23.1 Å². The molecule has 1 amide bonds. The standard InChI is InChI=1S/C18H16N4O2S2/c1-24-15-9-7-13(8-10-15)11-19-20-16(23)12-25-18-22-21-17(26-18)14-5-3-2-4-6-14/h2-11H,12H2,1H3,(H,20,23). The normalized spacial score (nSPS) is 10.8. The van der Waals surface area contributed by atoms with Crippen molar-refractivity contribution in [1.29, 1.82) is 0 Å². The van der Waals surface area contributed by atoms with Gasteiger partial charge in [-0.15, -0.1) is 10.2 Å². The fourth-order valence-corrected chi connectivity index (χ4v) is 3.64. The molecule has 0 saturated carbocycles. The molecule has 1 aromatic heterocycles. The highest BCUT2D eigenvalue weighted by Gasteiger charge is 2.09. The number of nitrogens with zero attached hydrogens (tertiary/aromatic N) is 3. The number of ether oxygens (including phenoxy) is 1. The smallest absolute Gasteiger partial charge is 0.250 e. The Morgan fingerprint density at radius 3 is 2.69 bits per heavy atom. The molecule has 1 N–H and O–H groups in total. The first-order valence-corrected chi connectivity index (χ1v) is 9.52. The fourth-order valence-electron chi connectivity index (χ4n) is 1.99. The summed E-state index contributed by atoms with van der Waals surface area (Å²) in [6.45, 7) is 0. The number of carbonyl (C=O) groups is 1. The van der Waals surface area contributed by atoms with Gasteiger partial charge in [-0.05, 0) is 29.8 Å². The van der Waals surface area contributed by atoms with E-state index in [4.69, 9.17) is 4.74 Å². The van der Waals surface area contributed by atoms with E-state index in [1.807, 2.05) is 54.6 Å². The zero-order valence-corrected chi connectivity index (χ0v) is 15.6. The van der Waals surface area contributed by atoms with E-state index in [9.17, 15) is 4.79 Å². The van der Waals surface area contributed by atoms with Crippen molar-refractivity contribution in [3.63, 3.8) is 0 Å². The third kappa shape index (κ3) is 5.14. The second-order valence-corrected chi connectivity index (χ2v) is 7.29. The molecule has 8 heteroatoms. The number of aromatic nitrogens is 2. The second-order valence-electron chi connectivity index (χ2n) is 5.09. The summed E-state index contributed by atoms with van der Waals surface area (Å²) in [6, 6.07) is 17.2. The van der Waals surface area contributed by atoms with Crippen LogP contribution in [0, 0.1) is 0 Å². The molecule has 0 aliphatic carbocycles. The number of thioether (sulfide) groups is 1. The van der Waals surface area contributed by atoms with Crippen LogP contribution >= 0.6 is 23.1 Å². The van der Waals surface area contributed by atoms with Crippen LogP contribution in [0.4, 0.5) is 0 Å². The summed E-state index contributed by atoms with van der Waals surface area (Å²) in [7, 11) is 1.61. The number of carbonyl (C=O) groups excluding carboxylic acids is 1. The Morgan fingerprint density at radius 1 is 1.19 bits per heavy atom. The van der Waals surface area contributed by atoms with Crippen molar-refractivity contribution >= 4 is 35.2 Å². The molecule has 0 atom stereocenters. The number of hydrogen-bond donors (Lipinski definition) is 1. The lowest BCUT2D eigenvalue weighted by Crippen LogP contribution is -2.19. The molecule has 26 heavy (non-hydrogen) atoms. The Morgan fingerprint density at radius 2 is 1.96 bits per heavy atom. The Kier molecular flexibility index (Phi) is 6.34. The zero-order chi connectivity index (χ0) is 18.2. The zero-order valence-electron chi connectivity index (χ0n) is 14.0. The summed E-state index contributed by atoms with van der Waals surface area (Å²) in [6.07, 6.45) is 1.58. The first kappa shape index (κ1) is 18.1. The van der Waals surface area contributed by atoms with Crippen molar-refractivity contribution in [3.8, 4) is 16.3 Å². The summed E-state index contributed by atoms with van der Waals surface area (Å²) in [4.78, 5) is 11.9. The number of hydrazone groups is 1. The summed E-state index contributed by atoms with van der Waals surface area (Å²) in [5, 5.41) is 13.1. The SMILES string of the molecule is COc1ccc(C=NNC(=O)CSc2nnc(-c3ccccc3)s2)cc1. The van der Waals surface area contributed by atoms with Crippen LogP contribution in [0.25, 0.3) is 10.6 Å². The average Bonchev–Trinajstić information content (AvgIpc) is 3.17. The van der Waals surface area contributed by atoms with Crippen LogP contribution in [0.5, 0.6) is 5.75 Å². The number of amides is 1. The van der Waals surface area contributed by atoms with E-state index >= 15 is 0 Å². The number of methoxy groups -OCH3 is 1. The van der Waals surface area contributed by atoms with Gasteiger partial charge in [-0.2, -0.15) is 5.10 Å². The Bertz CT molecular complexity index is 880. The van der Waals surface area contributed by atoms with Crippen molar-refractivity contribution in [2.75, 3.05) is 12.9 Å². The average molecular weight is 384 g/mol. The lowest BCUT2D eigenvalue weighted by molar-refractivity contribution is -0.118. The maximum absolute atomic E-state index is 11.9. The molecule has 0 aliphatic heterocycles. The van der Waals surface area contributed by atoms with Crippen LogP contribution in [0.3, 0.4) is 0 Å². The van der Waals surface area contributed by atoms with Gasteiger partial charge in [0.15, 0.2) is 4.34 Å². The third-order valence-corrected chi connectivity index (χ3v) is 5.38. The van der Waals surface area contributed by atoms with Gasteiger partial charge in [-0.3, -0.25) is 4.79 Å². The maximum atomic E-state index is 11.9. The molecular weight excluding hydrogens is 368 g/mol. The first-order valence-electron chi connectivity index (χ1n) is 7.72. The van der Waals surface area contributed by atoms with E-state index in [0.29, 0.717) is 0 Å². The van der Waals surface area contributed by atoms with E-state index < -0.39 is 0 Å². The number of nitrogens with one attached hydrogen (secondary N) is 1.